The highest BCUT2D eigenvalue weighted by atomic mass is 16.5. The maximum atomic E-state index is 11.4. The van der Waals surface area contributed by atoms with Crippen molar-refractivity contribution in [1.82, 2.24) is 4.90 Å². The molecule has 1 aliphatic rings. The number of amides is 1. The summed E-state index contributed by atoms with van der Waals surface area (Å²) in [6.45, 7) is 5.10. The number of carbonyl (C=O) groups is 1. The highest BCUT2D eigenvalue weighted by molar-refractivity contribution is 5.78. The number of nitrogens with zero attached hydrogens (tertiary/aromatic N) is 2. The van der Waals surface area contributed by atoms with Gasteiger partial charge in [-0.3, -0.25) is 4.79 Å². The highest BCUT2D eigenvalue weighted by Crippen LogP contribution is 2.17. The standard InChI is InChI=1S/C11H18N2O2/c1-2-15-9-10-4-7-13(8-5-10)11(14)3-6-12/h10H,2-5,7-9H2,1H3. The number of hydrogen-bond acceptors (Lipinski definition) is 3. The maximum Gasteiger partial charge on any atom is 0.236 e. The molecule has 0 aromatic heterocycles. The van der Waals surface area contributed by atoms with Gasteiger partial charge in [-0.15, -0.1) is 0 Å². The van der Waals surface area contributed by atoms with Crippen molar-refractivity contribution >= 4 is 5.91 Å². The first-order valence-corrected chi connectivity index (χ1v) is 5.50. The van der Waals surface area contributed by atoms with Crippen LogP contribution in [0, 0.1) is 17.2 Å². The van der Waals surface area contributed by atoms with Crippen molar-refractivity contribution in [3.05, 3.63) is 0 Å². The molecule has 0 aliphatic carbocycles. The molecule has 1 heterocycles. The van der Waals surface area contributed by atoms with Crippen molar-refractivity contribution in [3.8, 4) is 6.07 Å². The summed E-state index contributed by atoms with van der Waals surface area (Å²) >= 11 is 0. The number of likely N-dealkylation sites (tertiary alicyclic amines) is 1. The van der Waals surface area contributed by atoms with Crippen molar-refractivity contribution in [3.63, 3.8) is 0 Å². The molecule has 0 N–H and O–H groups in total. The molecule has 1 fully saturated rings. The molecular weight excluding hydrogens is 192 g/mol. The minimum absolute atomic E-state index is 0.0100. The van der Waals surface area contributed by atoms with Crippen LogP contribution in [0.2, 0.25) is 0 Å². The summed E-state index contributed by atoms with van der Waals surface area (Å²) in [4.78, 5) is 13.2. The zero-order valence-electron chi connectivity index (χ0n) is 9.24. The van der Waals surface area contributed by atoms with Gasteiger partial charge in [-0.25, -0.2) is 0 Å². The Labute approximate surface area is 90.8 Å². The van der Waals surface area contributed by atoms with E-state index < -0.39 is 0 Å². The van der Waals surface area contributed by atoms with Crippen LogP contribution in [-0.4, -0.2) is 37.1 Å². The first-order chi connectivity index (χ1) is 7.27. The molecule has 0 saturated carbocycles. The smallest absolute Gasteiger partial charge is 0.236 e. The molecule has 1 aliphatic heterocycles. The zero-order valence-corrected chi connectivity index (χ0v) is 9.24. The van der Waals surface area contributed by atoms with E-state index in [9.17, 15) is 4.79 Å². The topological polar surface area (TPSA) is 53.3 Å². The molecule has 84 valence electrons. The zero-order chi connectivity index (χ0) is 11.1. The van der Waals surface area contributed by atoms with Crippen LogP contribution in [0.4, 0.5) is 0 Å². The fraction of sp³-hybridized carbons (Fsp3) is 0.818. The van der Waals surface area contributed by atoms with Crippen LogP contribution in [0.1, 0.15) is 26.2 Å². The average molecular weight is 210 g/mol. The molecule has 0 bridgehead atoms. The predicted molar refractivity (Wildman–Crippen MR) is 56.0 cm³/mol. The summed E-state index contributed by atoms with van der Waals surface area (Å²) in [5, 5.41) is 8.42. The van der Waals surface area contributed by atoms with Crippen molar-refractivity contribution in [2.75, 3.05) is 26.3 Å². The molecule has 1 rings (SSSR count). The van der Waals surface area contributed by atoms with Crippen LogP contribution < -0.4 is 0 Å². The average Bonchev–Trinajstić information content (AvgIpc) is 2.27. The lowest BCUT2D eigenvalue weighted by molar-refractivity contribution is -0.131. The van der Waals surface area contributed by atoms with Crippen LogP contribution in [0.5, 0.6) is 0 Å². The lowest BCUT2D eigenvalue weighted by Gasteiger charge is -2.31. The third-order valence-electron chi connectivity index (χ3n) is 2.76. The fourth-order valence-electron chi connectivity index (χ4n) is 1.81. The molecule has 0 spiro atoms. The summed E-state index contributed by atoms with van der Waals surface area (Å²) in [6, 6.07) is 1.89. The van der Waals surface area contributed by atoms with Gasteiger partial charge < -0.3 is 9.64 Å². The lowest BCUT2D eigenvalue weighted by Crippen LogP contribution is -2.39. The van der Waals surface area contributed by atoms with Crippen LogP contribution in [0.3, 0.4) is 0 Å². The Kier molecular flexibility index (Phi) is 5.13. The summed E-state index contributed by atoms with van der Waals surface area (Å²) in [7, 11) is 0. The first-order valence-electron chi connectivity index (χ1n) is 5.50. The molecule has 0 aromatic carbocycles. The van der Waals surface area contributed by atoms with Crippen LogP contribution in [-0.2, 0) is 9.53 Å². The molecule has 1 saturated heterocycles. The van der Waals surface area contributed by atoms with E-state index in [1.807, 2.05) is 13.0 Å². The van der Waals surface area contributed by atoms with Gasteiger partial charge in [0.05, 0.1) is 6.07 Å². The fourth-order valence-corrected chi connectivity index (χ4v) is 1.81. The monoisotopic (exact) mass is 210 g/mol. The van der Waals surface area contributed by atoms with Crippen molar-refractivity contribution in [2.24, 2.45) is 5.92 Å². The van der Waals surface area contributed by atoms with E-state index in [0.29, 0.717) is 5.92 Å². The third kappa shape index (κ3) is 3.88. The Balaban J connectivity index is 2.24. The van der Waals surface area contributed by atoms with Crippen molar-refractivity contribution < 1.29 is 9.53 Å². The van der Waals surface area contributed by atoms with Crippen LogP contribution in [0.15, 0.2) is 0 Å². The summed E-state index contributed by atoms with van der Waals surface area (Å²) in [5.74, 6) is 0.545. The Hall–Kier alpha value is -1.08. The summed E-state index contributed by atoms with van der Waals surface area (Å²) in [5.41, 5.74) is 0. The molecule has 0 radical (unpaired) electrons. The number of hydrogen-bond donors (Lipinski definition) is 0. The van der Waals surface area contributed by atoms with E-state index >= 15 is 0 Å². The maximum absolute atomic E-state index is 11.4. The highest BCUT2D eigenvalue weighted by Gasteiger charge is 2.22. The molecular formula is C11H18N2O2. The number of carbonyl (C=O) groups excluding carboxylic acids is 1. The second-order valence-electron chi connectivity index (χ2n) is 3.82. The minimum atomic E-state index is -0.0349. The Bertz CT molecular complexity index is 239. The Morgan fingerprint density at radius 2 is 2.20 bits per heavy atom. The van der Waals surface area contributed by atoms with E-state index in [0.717, 1.165) is 39.1 Å². The molecule has 0 aromatic rings. The molecule has 0 atom stereocenters. The van der Waals surface area contributed by atoms with Gasteiger partial charge >= 0.3 is 0 Å². The summed E-state index contributed by atoms with van der Waals surface area (Å²) in [6.07, 6.45) is 2.00. The largest absolute Gasteiger partial charge is 0.381 e. The van der Waals surface area contributed by atoms with Gasteiger partial charge in [0.25, 0.3) is 0 Å². The molecule has 1 amide bonds. The number of nitriles is 1. The van der Waals surface area contributed by atoms with Crippen LogP contribution >= 0.6 is 0 Å². The van der Waals surface area contributed by atoms with Crippen LogP contribution in [0.25, 0.3) is 0 Å². The van der Waals surface area contributed by atoms with E-state index in [-0.39, 0.29) is 12.3 Å². The van der Waals surface area contributed by atoms with Gasteiger partial charge in [-0.2, -0.15) is 5.26 Å². The van der Waals surface area contributed by atoms with Gasteiger partial charge in [0.2, 0.25) is 5.91 Å². The number of ether oxygens (including phenoxy) is 1. The quantitative estimate of drug-likeness (QED) is 0.700. The van der Waals surface area contributed by atoms with E-state index in [1.165, 1.54) is 0 Å². The lowest BCUT2D eigenvalue weighted by atomic mass is 9.97. The molecule has 15 heavy (non-hydrogen) atoms. The molecule has 0 unspecified atom stereocenters. The first kappa shape index (κ1) is 12.0. The van der Waals surface area contributed by atoms with Crippen molar-refractivity contribution in [2.45, 2.75) is 26.2 Å². The number of piperidine rings is 1. The summed E-state index contributed by atoms with van der Waals surface area (Å²) < 4.78 is 5.36. The Morgan fingerprint density at radius 3 is 2.73 bits per heavy atom. The van der Waals surface area contributed by atoms with Gasteiger partial charge in [-0.1, -0.05) is 0 Å². The van der Waals surface area contributed by atoms with Gasteiger partial charge in [-0.05, 0) is 25.7 Å². The normalized spacial score (nSPS) is 17.5. The second-order valence-corrected chi connectivity index (χ2v) is 3.82. The molecule has 4 nitrogen and oxygen atoms in total. The molecule has 4 heteroatoms. The van der Waals surface area contributed by atoms with Gasteiger partial charge in [0.15, 0.2) is 0 Å². The SMILES string of the molecule is CCOCC1CCN(C(=O)CC#N)CC1. The third-order valence-corrected chi connectivity index (χ3v) is 2.76. The van der Waals surface area contributed by atoms with E-state index in [2.05, 4.69) is 0 Å². The Morgan fingerprint density at radius 1 is 1.53 bits per heavy atom. The van der Waals surface area contributed by atoms with E-state index in [4.69, 9.17) is 10.00 Å². The minimum Gasteiger partial charge on any atom is -0.381 e. The van der Waals surface area contributed by atoms with Crippen molar-refractivity contribution in [1.29, 1.82) is 5.26 Å². The predicted octanol–water partition coefficient (Wildman–Crippen LogP) is 1.18. The van der Waals surface area contributed by atoms with E-state index in [1.54, 1.807) is 4.90 Å². The van der Waals surface area contributed by atoms with Gasteiger partial charge in [0, 0.05) is 26.3 Å². The number of rotatable bonds is 4. The van der Waals surface area contributed by atoms with Gasteiger partial charge in [0.1, 0.15) is 6.42 Å². The second kappa shape index (κ2) is 6.41.